The fraction of sp³-hybridized carbons (Fsp3) is 0.455. The lowest BCUT2D eigenvalue weighted by molar-refractivity contribution is 0.250. The van der Waals surface area contributed by atoms with Gasteiger partial charge >= 0.3 is 0 Å². The summed E-state index contributed by atoms with van der Waals surface area (Å²) in [7, 11) is 0. The summed E-state index contributed by atoms with van der Waals surface area (Å²) < 4.78 is 0. The zero-order valence-electron chi connectivity index (χ0n) is 15.5. The maximum absolute atomic E-state index is 2.58. The summed E-state index contributed by atoms with van der Waals surface area (Å²) in [5, 5.41) is 0. The molecule has 0 aromatic heterocycles. The third-order valence-electron chi connectivity index (χ3n) is 5.34. The average Bonchev–Trinajstić information content (AvgIpc) is 2.59. The molecule has 128 valence electrons. The number of rotatable bonds is 4. The summed E-state index contributed by atoms with van der Waals surface area (Å²) in [6.07, 6.45) is 0. The van der Waals surface area contributed by atoms with Crippen LogP contribution in [0.1, 0.15) is 42.0 Å². The summed E-state index contributed by atoms with van der Waals surface area (Å²) in [4.78, 5) is 5.12. The highest BCUT2D eigenvalue weighted by molar-refractivity contribution is 5.56. The summed E-state index contributed by atoms with van der Waals surface area (Å²) in [6, 6.07) is 15.8. The van der Waals surface area contributed by atoms with Gasteiger partial charge in [0.15, 0.2) is 0 Å². The minimum Gasteiger partial charge on any atom is -0.369 e. The molecular weight excluding hydrogens is 292 g/mol. The molecule has 0 bridgehead atoms. The molecule has 2 nitrogen and oxygen atoms in total. The Bertz CT molecular complexity index is 665. The van der Waals surface area contributed by atoms with Crippen molar-refractivity contribution in [3.05, 3.63) is 64.7 Å². The van der Waals surface area contributed by atoms with Crippen LogP contribution in [0.3, 0.4) is 0 Å². The number of aryl methyl sites for hydroxylation is 1. The fourth-order valence-corrected chi connectivity index (χ4v) is 3.49. The van der Waals surface area contributed by atoms with Crippen molar-refractivity contribution in [3.8, 4) is 0 Å². The molecule has 0 N–H and O–H groups in total. The minimum atomic E-state index is 0.611. The van der Waals surface area contributed by atoms with Crippen LogP contribution in [0.4, 0.5) is 5.69 Å². The van der Waals surface area contributed by atoms with E-state index >= 15 is 0 Å². The van der Waals surface area contributed by atoms with Crippen LogP contribution >= 0.6 is 0 Å². The lowest BCUT2D eigenvalue weighted by Gasteiger charge is -2.37. The van der Waals surface area contributed by atoms with E-state index in [9.17, 15) is 0 Å². The third-order valence-corrected chi connectivity index (χ3v) is 5.34. The normalized spacial score (nSPS) is 16.0. The highest BCUT2D eigenvalue weighted by Crippen LogP contribution is 2.24. The van der Waals surface area contributed by atoms with E-state index in [1.165, 1.54) is 27.9 Å². The first-order valence-electron chi connectivity index (χ1n) is 9.17. The Balaban J connectivity index is 1.58. The van der Waals surface area contributed by atoms with Gasteiger partial charge in [0.1, 0.15) is 0 Å². The van der Waals surface area contributed by atoms with Crippen molar-refractivity contribution >= 4 is 5.69 Å². The molecule has 0 amide bonds. The van der Waals surface area contributed by atoms with Crippen molar-refractivity contribution in [2.45, 2.75) is 40.2 Å². The van der Waals surface area contributed by atoms with Crippen LogP contribution < -0.4 is 4.90 Å². The van der Waals surface area contributed by atoms with Crippen molar-refractivity contribution in [1.29, 1.82) is 0 Å². The third kappa shape index (κ3) is 3.81. The number of benzene rings is 2. The van der Waals surface area contributed by atoms with E-state index < -0.39 is 0 Å². The second-order valence-electron chi connectivity index (χ2n) is 7.38. The van der Waals surface area contributed by atoms with Gasteiger partial charge < -0.3 is 4.90 Å². The fourth-order valence-electron chi connectivity index (χ4n) is 3.49. The molecule has 0 radical (unpaired) electrons. The summed E-state index contributed by atoms with van der Waals surface area (Å²) in [5.41, 5.74) is 7.09. The number of nitrogens with zero attached hydrogens (tertiary/aromatic N) is 2. The Morgan fingerprint density at radius 3 is 2.17 bits per heavy atom. The Morgan fingerprint density at radius 1 is 0.875 bits per heavy atom. The van der Waals surface area contributed by atoms with Gasteiger partial charge in [0, 0.05) is 38.4 Å². The maximum atomic E-state index is 2.58. The Kier molecular flexibility index (Phi) is 5.25. The summed E-state index contributed by atoms with van der Waals surface area (Å²) in [5.74, 6) is 0.611. The van der Waals surface area contributed by atoms with E-state index in [2.05, 4.69) is 80.0 Å². The van der Waals surface area contributed by atoms with Crippen LogP contribution in [0.15, 0.2) is 42.5 Å². The molecule has 2 aromatic rings. The minimum absolute atomic E-state index is 0.611. The van der Waals surface area contributed by atoms with Crippen LogP contribution in [0, 0.1) is 13.8 Å². The molecular formula is C22H30N2. The van der Waals surface area contributed by atoms with E-state index in [0.717, 1.165) is 32.7 Å². The van der Waals surface area contributed by atoms with E-state index in [4.69, 9.17) is 0 Å². The molecule has 2 heteroatoms. The van der Waals surface area contributed by atoms with Gasteiger partial charge in [-0.2, -0.15) is 0 Å². The van der Waals surface area contributed by atoms with E-state index in [-0.39, 0.29) is 0 Å². The average molecular weight is 322 g/mol. The number of anilines is 1. The quantitative estimate of drug-likeness (QED) is 0.801. The van der Waals surface area contributed by atoms with Crippen LogP contribution in [-0.4, -0.2) is 31.1 Å². The van der Waals surface area contributed by atoms with Crippen LogP contribution in [0.5, 0.6) is 0 Å². The molecule has 3 rings (SSSR count). The summed E-state index contributed by atoms with van der Waals surface area (Å²) in [6.45, 7) is 14.5. The lowest BCUT2D eigenvalue weighted by atomic mass is 10.0. The molecule has 1 aliphatic rings. The van der Waals surface area contributed by atoms with E-state index in [0.29, 0.717) is 5.92 Å². The SMILES string of the molecule is Cc1cccc(N2CCN(Cc3ccc(C(C)C)cc3)CC2)c1C. The first-order valence-corrected chi connectivity index (χ1v) is 9.17. The maximum Gasteiger partial charge on any atom is 0.0399 e. The van der Waals surface area contributed by atoms with Gasteiger partial charge in [-0.05, 0) is 48.1 Å². The topological polar surface area (TPSA) is 6.48 Å². The highest BCUT2D eigenvalue weighted by atomic mass is 15.3. The number of hydrogen-bond acceptors (Lipinski definition) is 2. The molecule has 0 aliphatic carbocycles. The van der Waals surface area contributed by atoms with Crippen molar-refractivity contribution in [1.82, 2.24) is 4.90 Å². The first kappa shape index (κ1) is 17.0. The number of piperazine rings is 1. The van der Waals surface area contributed by atoms with Gasteiger partial charge in [-0.25, -0.2) is 0 Å². The van der Waals surface area contributed by atoms with Gasteiger partial charge in [0.05, 0.1) is 0 Å². The molecule has 2 aromatic carbocycles. The van der Waals surface area contributed by atoms with Crippen molar-refractivity contribution in [3.63, 3.8) is 0 Å². The monoisotopic (exact) mass is 322 g/mol. The van der Waals surface area contributed by atoms with Gasteiger partial charge in [0.2, 0.25) is 0 Å². The molecule has 1 fully saturated rings. The van der Waals surface area contributed by atoms with Gasteiger partial charge in [-0.1, -0.05) is 50.2 Å². The van der Waals surface area contributed by atoms with Gasteiger partial charge in [0.25, 0.3) is 0 Å². The first-order chi connectivity index (χ1) is 11.5. The molecule has 1 aliphatic heterocycles. The van der Waals surface area contributed by atoms with Crippen molar-refractivity contribution in [2.24, 2.45) is 0 Å². The molecule has 0 spiro atoms. The largest absolute Gasteiger partial charge is 0.369 e. The van der Waals surface area contributed by atoms with Crippen LogP contribution in [0.25, 0.3) is 0 Å². The summed E-state index contributed by atoms with van der Waals surface area (Å²) >= 11 is 0. The molecule has 24 heavy (non-hydrogen) atoms. The van der Waals surface area contributed by atoms with E-state index in [1.807, 2.05) is 0 Å². The van der Waals surface area contributed by atoms with Crippen LogP contribution in [0.2, 0.25) is 0 Å². The van der Waals surface area contributed by atoms with Gasteiger partial charge in [-0.15, -0.1) is 0 Å². The van der Waals surface area contributed by atoms with Gasteiger partial charge in [-0.3, -0.25) is 4.90 Å². The zero-order valence-corrected chi connectivity index (χ0v) is 15.5. The molecule has 0 unspecified atom stereocenters. The molecule has 0 atom stereocenters. The smallest absolute Gasteiger partial charge is 0.0399 e. The Morgan fingerprint density at radius 2 is 1.54 bits per heavy atom. The lowest BCUT2D eigenvalue weighted by Crippen LogP contribution is -2.46. The van der Waals surface area contributed by atoms with Crippen LogP contribution in [-0.2, 0) is 6.54 Å². The van der Waals surface area contributed by atoms with E-state index in [1.54, 1.807) is 0 Å². The Hall–Kier alpha value is -1.80. The predicted molar refractivity (Wildman–Crippen MR) is 104 cm³/mol. The standard InChI is InChI=1S/C22H30N2/c1-17(2)21-10-8-20(9-11-21)16-23-12-14-24(15-13-23)22-7-5-6-18(3)19(22)4/h5-11,17H,12-16H2,1-4H3. The molecule has 1 saturated heterocycles. The second kappa shape index (κ2) is 7.40. The number of hydrogen-bond donors (Lipinski definition) is 0. The second-order valence-corrected chi connectivity index (χ2v) is 7.38. The van der Waals surface area contributed by atoms with Crippen molar-refractivity contribution in [2.75, 3.05) is 31.1 Å². The Labute approximate surface area is 147 Å². The molecule has 1 heterocycles. The highest BCUT2D eigenvalue weighted by Gasteiger charge is 2.18. The predicted octanol–water partition coefficient (Wildman–Crippen LogP) is 4.75. The molecule has 0 saturated carbocycles. The van der Waals surface area contributed by atoms with Crippen molar-refractivity contribution < 1.29 is 0 Å². The zero-order chi connectivity index (χ0) is 17.1.